The Labute approximate surface area is 345 Å². The van der Waals surface area contributed by atoms with E-state index < -0.39 is 137 Å². The molecular weight excluding hydrogens is 795 g/mol. The second-order valence-corrected chi connectivity index (χ2v) is 17.0. The van der Waals surface area contributed by atoms with Gasteiger partial charge in [-0.05, 0) is 57.4 Å². The molecule has 0 radical (unpaired) electrons. The van der Waals surface area contributed by atoms with Crippen molar-refractivity contribution in [2.24, 2.45) is 23.5 Å². The molecule has 2 aromatic carbocycles. The molecule has 1 saturated heterocycles. The molecule has 2 fully saturated rings. The number of hydrogen-bond acceptors (Lipinski definition) is 8. The number of rotatable bonds is 18. The van der Waals surface area contributed by atoms with Crippen LogP contribution in [0.15, 0.2) is 30.3 Å². The van der Waals surface area contributed by atoms with E-state index in [1.54, 1.807) is 65.0 Å². The van der Waals surface area contributed by atoms with Gasteiger partial charge in [0.1, 0.15) is 17.6 Å². The van der Waals surface area contributed by atoms with E-state index in [1.807, 2.05) is 0 Å². The predicted molar refractivity (Wildman–Crippen MR) is 207 cm³/mol. The van der Waals surface area contributed by atoms with Crippen molar-refractivity contribution in [3.63, 3.8) is 0 Å². The van der Waals surface area contributed by atoms with Crippen LogP contribution in [0, 0.1) is 46.8 Å². The fourth-order valence-electron chi connectivity index (χ4n) is 7.98. The van der Waals surface area contributed by atoms with E-state index in [4.69, 9.17) is 10.5 Å². The van der Waals surface area contributed by atoms with Crippen molar-refractivity contribution >= 4 is 41.0 Å². The van der Waals surface area contributed by atoms with Gasteiger partial charge in [-0.15, -0.1) is 0 Å². The van der Waals surface area contributed by atoms with E-state index in [0.29, 0.717) is 31.2 Å². The lowest BCUT2D eigenvalue weighted by Gasteiger charge is -2.35. The molecule has 328 valence electrons. The molecule has 5 atom stereocenters. The van der Waals surface area contributed by atoms with Gasteiger partial charge < -0.3 is 26.0 Å². The first-order valence-corrected chi connectivity index (χ1v) is 20.1. The van der Waals surface area contributed by atoms with Gasteiger partial charge in [0.2, 0.25) is 29.3 Å². The number of halogens is 5. The molecule has 4 amide bonds. The number of carbonyl (C=O) groups is 7. The van der Waals surface area contributed by atoms with Gasteiger partial charge >= 0.3 is 0 Å². The maximum absolute atomic E-state index is 14.8. The second kappa shape index (κ2) is 20.5. The largest absolute Gasteiger partial charge is 0.371 e. The third-order valence-corrected chi connectivity index (χ3v) is 10.7. The van der Waals surface area contributed by atoms with E-state index in [9.17, 15) is 55.5 Å². The smallest absolute Gasteiger partial charge is 0.258 e. The molecule has 0 aromatic heterocycles. The molecule has 17 heteroatoms. The third kappa shape index (κ3) is 12.0. The molecule has 2 aliphatic rings. The summed E-state index contributed by atoms with van der Waals surface area (Å²) in [6, 6.07) is 4.19. The van der Waals surface area contributed by atoms with Gasteiger partial charge in [-0.1, -0.05) is 63.4 Å². The molecule has 0 spiro atoms. The highest BCUT2D eigenvalue weighted by Gasteiger charge is 2.46. The highest BCUT2D eigenvalue weighted by molar-refractivity contribution is 6.38. The zero-order valence-electron chi connectivity index (χ0n) is 34.4. The Bertz CT molecular complexity index is 1920. The lowest BCUT2D eigenvalue weighted by molar-refractivity contribution is -0.143. The zero-order chi connectivity index (χ0) is 44.6. The normalized spacial score (nSPS) is 18.8. The third-order valence-electron chi connectivity index (χ3n) is 10.7. The van der Waals surface area contributed by atoms with Gasteiger partial charge in [-0.25, -0.2) is 22.0 Å². The zero-order valence-corrected chi connectivity index (χ0v) is 34.4. The van der Waals surface area contributed by atoms with E-state index in [-0.39, 0.29) is 25.3 Å². The van der Waals surface area contributed by atoms with Crippen molar-refractivity contribution in [1.29, 1.82) is 0 Å². The van der Waals surface area contributed by atoms with Crippen molar-refractivity contribution in [1.82, 2.24) is 15.5 Å². The molecule has 1 unspecified atom stereocenters. The summed E-state index contributed by atoms with van der Waals surface area (Å²) < 4.78 is 77.8. The summed E-state index contributed by atoms with van der Waals surface area (Å²) in [6.07, 6.45) is 0.548. The van der Waals surface area contributed by atoms with Gasteiger partial charge in [0.05, 0.1) is 17.7 Å². The molecule has 12 nitrogen and oxygen atoms in total. The molecular formula is C43H53F5N4O8. The van der Waals surface area contributed by atoms with Crippen molar-refractivity contribution in [3.8, 4) is 0 Å². The van der Waals surface area contributed by atoms with Crippen LogP contribution in [0.2, 0.25) is 0 Å². The first kappa shape index (κ1) is 47.6. The van der Waals surface area contributed by atoms with Crippen LogP contribution in [-0.4, -0.2) is 76.2 Å². The standard InChI is InChI=1S/C43H53F5N4O8/c1-22(2)18-25(39(56)28(53)16-17-30(55)50-37(40(49)57)23-12-8-6-9-13-23)19-29(54)27-20-26(60-43(3,4)5)21-52(27)42(59)38(24-14-10-7-11-15-24)51-41(58)31-32(44)34(46)36(48)35(47)33(31)45/h6,8-9,12-13,22,24-27,37-38H,7,10-11,14-21H2,1-5H3,(H2,49,57)(H,50,55)(H,51,58)/t25?,26-,27+,37+,38+/m1/s1. The summed E-state index contributed by atoms with van der Waals surface area (Å²) in [5, 5.41) is 4.70. The number of primary amides is 1. The minimum atomic E-state index is -2.46. The van der Waals surface area contributed by atoms with Crippen molar-refractivity contribution in [2.45, 2.75) is 129 Å². The number of benzene rings is 2. The average molecular weight is 849 g/mol. The van der Waals surface area contributed by atoms with Gasteiger partial charge in [0.15, 0.2) is 34.8 Å². The van der Waals surface area contributed by atoms with Gasteiger partial charge in [0, 0.05) is 38.1 Å². The van der Waals surface area contributed by atoms with Crippen LogP contribution < -0.4 is 16.4 Å². The quantitative estimate of drug-likeness (QED) is 0.0736. The lowest BCUT2D eigenvalue weighted by atomic mass is 9.82. The van der Waals surface area contributed by atoms with Gasteiger partial charge in [-0.3, -0.25) is 33.6 Å². The highest BCUT2D eigenvalue weighted by Crippen LogP contribution is 2.33. The number of amides is 4. The molecule has 4 N–H and O–H groups in total. The maximum Gasteiger partial charge on any atom is 0.258 e. The Morgan fingerprint density at radius 3 is 1.97 bits per heavy atom. The van der Waals surface area contributed by atoms with Crippen LogP contribution in [0.4, 0.5) is 22.0 Å². The minimum absolute atomic E-state index is 0.0516. The number of ketones is 3. The number of carbonyl (C=O) groups excluding carboxylic acids is 7. The van der Waals surface area contributed by atoms with Crippen molar-refractivity contribution in [2.75, 3.05) is 6.54 Å². The summed E-state index contributed by atoms with van der Waals surface area (Å²) in [6.45, 7) is 8.63. The molecule has 1 heterocycles. The molecule has 60 heavy (non-hydrogen) atoms. The Balaban J connectivity index is 1.57. The van der Waals surface area contributed by atoms with Crippen LogP contribution in [-0.2, 0) is 33.5 Å². The topological polar surface area (TPSA) is 182 Å². The number of Topliss-reactive ketones (excluding diaryl/α,β-unsaturated/α-hetero) is 3. The number of likely N-dealkylation sites (tertiary alicyclic amines) is 1. The monoisotopic (exact) mass is 848 g/mol. The fourth-order valence-corrected chi connectivity index (χ4v) is 7.98. The first-order valence-electron chi connectivity index (χ1n) is 20.1. The summed E-state index contributed by atoms with van der Waals surface area (Å²) >= 11 is 0. The summed E-state index contributed by atoms with van der Waals surface area (Å²) in [5.41, 5.74) is 3.38. The summed E-state index contributed by atoms with van der Waals surface area (Å²) in [5.74, 6) is -20.4. The maximum atomic E-state index is 14.8. The Morgan fingerprint density at radius 2 is 1.42 bits per heavy atom. The van der Waals surface area contributed by atoms with Crippen LogP contribution >= 0.6 is 0 Å². The SMILES string of the molecule is CC(C)CC(CC(=O)[C@@H]1C[C@@H](OC(C)(C)C)CN1C(=O)[C@@H](NC(=O)c1c(F)c(F)c(F)c(F)c1F)C1CCCCC1)C(=O)C(=O)CCC(=O)N[C@H](C(N)=O)c1ccccc1. The second-order valence-electron chi connectivity index (χ2n) is 17.0. The predicted octanol–water partition coefficient (Wildman–Crippen LogP) is 5.73. The van der Waals surface area contributed by atoms with Crippen LogP contribution in [0.5, 0.6) is 0 Å². The molecule has 2 aromatic rings. The lowest BCUT2D eigenvalue weighted by Crippen LogP contribution is -2.55. The van der Waals surface area contributed by atoms with E-state index in [1.165, 1.54) is 0 Å². The Morgan fingerprint density at radius 1 is 0.833 bits per heavy atom. The number of nitrogens with zero attached hydrogens (tertiary/aromatic N) is 1. The van der Waals surface area contributed by atoms with Crippen LogP contribution in [0.25, 0.3) is 0 Å². The van der Waals surface area contributed by atoms with E-state index in [0.717, 1.165) is 11.3 Å². The average Bonchev–Trinajstić information content (AvgIpc) is 3.61. The minimum Gasteiger partial charge on any atom is -0.371 e. The first-order chi connectivity index (χ1) is 28.1. The van der Waals surface area contributed by atoms with E-state index >= 15 is 0 Å². The highest BCUT2D eigenvalue weighted by atomic mass is 19.2. The molecule has 1 aliphatic heterocycles. The fraction of sp³-hybridized carbons (Fsp3) is 0.558. The number of hydrogen-bond donors (Lipinski definition) is 3. The summed E-state index contributed by atoms with van der Waals surface area (Å²) in [7, 11) is 0. The molecule has 4 rings (SSSR count). The molecule has 0 bridgehead atoms. The Kier molecular flexibility index (Phi) is 16.2. The van der Waals surface area contributed by atoms with Crippen molar-refractivity contribution < 1.29 is 60.3 Å². The summed E-state index contributed by atoms with van der Waals surface area (Å²) in [4.78, 5) is 95.1. The van der Waals surface area contributed by atoms with Crippen molar-refractivity contribution in [3.05, 3.63) is 70.5 Å². The molecule has 1 saturated carbocycles. The number of ether oxygens (including phenoxy) is 1. The van der Waals surface area contributed by atoms with Gasteiger partial charge in [0.25, 0.3) is 5.91 Å². The van der Waals surface area contributed by atoms with Crippen LogP contribution in [0.1, 0.15) is 121 Å². The van der Waals surface area contributed by atoms with Crippen LogP contribution in [0.3, 0.4) is 0 Å². The number of nitrogens with two attached hydrogens (primary N) is 1. The Hall–Kier alpha value is -5.06. The van der Waals surface area contributed by atoms with Gasteiger partial charge in [-0.2, -0.15) is 0 Å². The van der Waals surface area contributed by atoms with E-state index in [2.05, 4.69) is 10.6 Å². The molecule has 1 aliphatic carbocycles. The number of nitrogens with one attached hydrogen (secondary N) is 2.